The summed E-state index contributed by atoms with van der Waals surface area (Å²) in [6.45, 7) is 3.21. The molecule has 0 radical (unpaired) electrons. The van der Waals surface area contributed by atoms with Crippen molar-refractivity contribution in [3.05, 3.63) is 54.3 Å². The van der Waals surface area contributed by atoms with Gasteiger partial charge in [-0.2, -0.15) is 0 Å². The van der Waals surface area contributed by atoms with Gasteiger partial charge < -0.3 is 20.0 Å². The molecule has 3 saturated heterocycles. The number of hydrogen-bond donors (Lipinski definition) is 2. The minimum Gasteiger partial charge on any atom is -0.450 e. The molecule has 3 aliphatic heterocycles. The van der Waals surface area contributed by atoms with Gasteiger partial charge in [-0.3, -0.25) is 9.59 Å². The van der Waals surface area contributed by atoms with Crippen molar-refractivity contribution in [2.45, 2.75) is 31.7 Å². The number of piperidine rings is 3. The number of para-hydroxylation sites is 2. The Morgan fingerprint density at radius 2 is 1.70 bits per heavy atom. The monoisotopic (exact) mass is 465 g/mol. The molecule has 4 heterocycles. The standard InChI is InChI=1S/C26H27N3O3.ClH/c30-25(17-8-9-17)27-21-7-2-1-5-19(21)20-6-3-4-18-14-23(32-24(18)20)26(31)28-22-15-29-12-10-16(22)11-13-29;/h1-7,14,16-17,22H,8-13,15H2,(H,27,30)(H,28,31);1H/t22-;/m0./s1. The summed E-state index contributed by atoms with van der Waals surface area (Å²) < 4.78 is 6.12. The molecule has 1 atom stereocenters. The van der Waals surface area contributed by atoms with E-state index in [2.05, 4.69) is 15.5 Å². The average molecular weight is 466 g/mol. The highest BCUT2D eigenvalue weighted by Gasteiger charge is 2.35. The first-order valence-corrected chi connectivity index (χ1v) is 11.6. The minimum absolute atomic E-state index is 0. The van der Waals surface area contributed by atoms with Gasteiger partial charge in [0.05, 0.1) is 0 Å². The molecular weight excluding hydrogens is 438 g/mol. The van der Waals surface area contributed by atoms with Crippen molar-refractivity contribution in [1.82, 2.24) is 10.2 Å². The van der Waals surface area contributed by atoms with E-state index in [9.17, 15) is 9.59 Å². The van der Waals surface area contributed by atoms with Crippen LogP contribution in [0.15, 0.2) is 52.9 Å². The van der Waals surface area contributed by atoms with Crippen LogP contribution in [-0.2, 0) is 4.79 Å². The molecule has 1 saturated carbocycles. The van der Waals surface area contributed by atoms with Gasteiger partial charge in [0, 0.05) is 40.7 Å². The van der Waals surface area contributed by atoms with E-state index in [1.54, 1.807) is 0 Å². The first-order chi connectivity index (χ1) is 15.7. The summed E-state index contributed by atoms with van der Waals surface area (Å²) in [6.07, 6.45) is 4.22. The predicted octanol–water partition coefficient (Wildman–Crippen LogP) is 4.69. The number of carbonyl (C=O) groups excluding carboxylic acids is 2. The summed E-state index contributed by atoms with van der Waals surface area (Å²) in [6, 6.07) is 15.7. The number of nitrogens with zero attached hydrogens (tertiary/aromatic N) is 1. The van der Waals surface area contributed by atoms with E-state index in [-0.39, 0.29) is 36.2 Å². The molecule has 2 bridgehead atoms. The van der Waals surface area contributed by atoms with Crippen LogP contribution in [0.3, 0.4) is 0 Å². The van der Waals surface area contributed by atoms with E-state index < -0.39 is 0 Å². The summed E-state index contributed by atoms with van der Waals surface area (Å²) in [7, 11) is 0. The third-order valence-electron chi connectivity index (χ3n) is 7.16. The lowest BCUT2D eigenvalue weighted by molar-refractivity contribution is -0.117. The van der Waals surface area contributed by atoms with Gasteiger partial charge in [-0.15, -0.1) is 12.4 Å². The zero-order valence-corrected chi connectivity index (χ0v) is 19.2. The summed E-state index contributed by atoms with van der Waals surface area (Å²) in [5.41, 5.74) is 3.20. The number of amides is 2. The molecule has 7 heteroatoms. The van der Waals surface area contributed by atoms with Crippen LogP contribution in [0.4, 0.5) is 5.69 Å². The fourth-order valence-corrected chi connectivity index (χ4v) is 5.16. The molecule has 2 aromatic carbocycles. The zero-order chi connectivity index (χ0) is 21.7. The molecule has 2 N–H and O–H groups in total. The summed E-state index contributed by atoms with van der Waals surface area (Å²) in [5.74, 6) is 0.946. The second kappa shape index (κ2) is 8.84. The number of nitrogens with one attached hydrogen (secondary N) is 2. The molecule has 4 fully saturated rings. The fourth-order valence-electron chi connectivity index (χ4n) is 5.16. The van der Waals surface area contributed by atoms with Crippen LogP contribution in [0.5, 0.6) is 0 Å². The van der Waals surface area contributed by atoms with Crippen molar-refractivity contribution < 1.29 is 14.0 Å². The van der Waals surface area contributed by atoms with E-state index in [1.165, 1.54) is 0 Å². The number of halogens is 1. The molecular formula is C26H28ClN3O3. The highest BCUT2D eigenvalue weighted by Crippen LogP contribution is 2.37. The largest absolute Gasteiger partial charge is 0.450 e. The number of fused-ring (bicyclic) bond motifs is 4. The molecule has 172 valence electrons. The summed E-state index contributed by atoms with van der Waals surface area (Å²) in [4.78, 5) is 27.8. The Hall–Kier alpha value is -2.83. The maximum atomic E-state index is 13.0. The van der Waals surface area contributed by atoms with E-state index >= 15 is 0 Å². The highest BCUT2D eigenvalue weighted by atomic mass is 35.5. The summed E-state index contributed by atoms with van der Waals surface area (Å²) >= 11 is 0. The van der Waals surface area contributed by atoms with Crippen LogP contribution >= 0.6 is 12.4 Å². The first kappa shape index (κ1) is 22.0. The molecule has 2 amide bonds. The van der Waals surface area contributed by atoms with Crippen molar-refractivity contribution in [1.29, 1.82) is 0 Å². The molecule has 1 aliphatic carbocycles. The molecule has 3 aromatic rings. The quantitative estimate of drug-likeness (QED) is 0.573. The van der Waals surface area contributed by atoms with Gasteiger partial charge in [0.2, 0.25) is 5.91 Å². The number of rotatable bonds is 5. The Bertz CT molecular complexity index is 1190. The molecule has 6 nitrogen and oxygen atoms in total. The Morgan fingerprint density at radius 3 is 2.42 bits per heavy atom. The lowest BCUT2D eigenvalue weighted by atomic mass is 9.84. The van der Waals surface area contributed by atoms with Gasteiger partial charge in [-0.25, -0.2) is 0 Å². The van der Waals surface area contributed by atoms with E-state index in [0.717, 1.165) is 67.5 Å². The Kier molecular flexibility index (Phi) is 5.89. The minimum atomic E-state index is -0.152. The van der Waals surface area contributed by atoms with Gasteiger partial charge in [0.15, 0.2) is 5.76 Å². The van der Waals surface area contributed by atoms with Gasteiger partial charge in [-0.05, 0) is 56.8 Å². The average Bonchev–Trinajstić information content (AvgIpc) is 3.58. The van der Waals surface area contributed by atoms with E-state index in [1.807, 2.05) is 48.5 Å². The van der Waals surface area contributed by atoms with Crippen LogP contribution in [0.25, 0.3) is 22.1 Å². The predicted molar refractivity (Wildman–Crippen MR) is 131 cm³/mol. The van der Waals surface area contributed by atoms with Gasteiger partial charge in [-0.1, -0.05) is 36.4 Å². The lowest BCUT2D eigenvalue weighted by Gasteiger charge is -2.44. The smallest absolute Gasteiger partial charge is 0.287 e. The van der Waals surface area contributed by atoms with Crippen molar-refractivity contribution in [3.8, 4) is 11.1 Å². The molecule has 7 rings (SSSR count). The van der Waals surface area contributed by atoms with Gasteiger partial charge in [0.25, 0.3) is 5.91 Å². The van der Waals surface area contributed by atoms with Crippen molar-refractivity contribution in [2.75, 3.05) is 25.0 Å². The zero-order valence-electron chi connectivity index (χ0n) is 18.4. The second-order valence-corrected chi connectivity index (χ2v) is 9.36. The van der Waals surface area contributed by atoms with Gasteiger partial charge >= 0.3 is 0 Å². The van der Waals surface area contributed by atoms with Crippen molar-refractivity contribution in [3.63, 3.8) is 0 Å². The first-order valence-electron chi connectivity index (χ1n) is 11.6. The lowest BCUT2D eigenvalue weighted by Crippen LogP contribution is -2.57. The number of furan rings is 1. The van der Waals surface area contributed by atoms with Crippen molar-refractivity contribution >= 4 is 40.9 Å². The fraction of sp³-hybridized carbons (Fsp3) is 0.385. The SMILES string of the molecule is Cl.O=C(N[C@H]1CN2CCC1CC2)c1cc2cccc(-c3ccccc3NC(=O)C3CC3)c2o1. The molecule has 0 unspecified atom stereocenters. The number of hydrogen-bond acceptors (Lipinski definition) is 4. The Morgan fingerprint density at radius 1 is 0.939 bits per heavy atom. The maximum Gasteiger partial charge on any atom is 0.287 e. The third kappa shape index (κ3) is 4.25. The van der Waals surface area contributed by atoms with Crippen LogP contribution in [0.2, 0.25) is 0 Å². The van der Waals surface area contributed by atoms with E-state index in [4.69, 9.17) is 4.42 Å². The Balaban J connectivity index is 0.00000228. The Labute approximate surface area is 199 Å². The number of carbonyl (C=O) groups is 2. The normalized spacial score (nSPS) is 23.7. The molecule has 0 spiro atoms. The van der Waals surface area contributed by atoms with Gasteiger partial charge in [0.1, 0.15) is 5.58 Å². The molecule has 1 aromatic heterocycles. The number of anilines is 1. The second-order valence-electron chi connectivity index (χ2n) is 9.36. The highest BCUT2D eigenvalue weighted by molar-refractivity contribution is 6.04. The summed E-state index contributed by atoms with van der Waals surface area (Å²) in [5, 5.41) is 7.16. The molecule has 4 aliphatic rings. The van der Waals surface area contributed by atoms with Crippen molar-refractivity contribution in [2.24, 2.45) is 11.8 Å². The van der Waals surface area contributed by atoms with Crippen LogP contribution in [-0.4, -0.2) is 42.4 Å². The van der Waals surface area contributed by atoms with Crippen LogP contribution in [0.1, 0.15) is 36.2 Å². The maximum absolute atomic E-state index is 13.0. The van der Waals surface area contributed by atoms with E-state index in [0.29, 0.717) is 17.3 Å². The molecule has 33 heavy (non-hydrogen) atoms. The van der Waals surface area contributed by atoms with Crippen LogP contribution in [0, 0.1) is 11.8 Å². The topological polar surface area (TPSA) is 74.6 Å². The van der Waals surface area contributed by atoms with Crippen LogP contribution < -0.4 is 10.6 Å². The third-order valence-corrected chi connectivity index (χ3v) is 7.16. The number of benzene rings is 2.